The van der Waals surface area contributed by atoms with Crippen molar-refractivity contribution in [3.05, 3.63) is 23.9 Å². The quantitative estimate of drug-likeness (QED) is 0.807. The first-order valence-electron chi connectivity index (χ1n) is 8.06. The number of carbonyl (C=O) groups is 2. The van der Waals surface area contributed by atoms with Crippen LogP contribution in [0, 0.1) is 0 Å². The largest absolute Gasteiger partial charge is 0.468 e. The topological polar surface area (TPSA) is 71.5 Å². The van der Waals surface area contributed by atoms with Gasteiger partial charge >= 0.3 is 6.18 Å². The highest BCUT2D eigenvalue weighted by Crippen LogP contribution is 2.24. The number of carbonyl (C=O) groups excluding carboxylic acids is 2. The fourth-order valence-electron chi connectivity index (χ4n) is 2.21. The monoisotopic (exact) mass is 391 g/mol. The number of hydrogen-bond donors (Lipinski definition) is 1. The molecule has 144 valence electrons. The standard InChI is InChI=1S/C16H20F3N3O3S/c1-3-10(2)21-14(23)12-7-26-9-22(12)15(24)11-4-5-13(20-6-11)25-8-16(17,18)19/h4-6,10,12H,3,7-9H2,1-2H3,(H,21,23)/t10-,12+/m1/s1. The van der Waals surface area contributed by atoms with E-state index in [2.05, 4.69) is 15.0 Å². The number of nitrogens with zero attached hydrogens (tertiary/aromatic N) is 2. The zero-order valence-corrected chi connectivity index (χ0v) is 15.2. The van der Waals surface area contributed by atoms with Gasteiger partial charge in [0, 0.05) is 24.1 Å². The number of thioether (sulfide) groups is 1. The van der Waals surface area contributed by atoms with Crippen LogP contribution < -0.4 is 10.1 Å². The van der Waals surface area contributed by atoms with Crippen LogP contribution in [0.15, 0.2) is 18.3 Å². The van der Waals surface area contributed by atoms with E-state index >= 15 is 0 Å². The van der Waals surface area contributed by atoms with Gasteiger partial charge in [-0.3, -0.25) is 9.59 Å². The van der Waals surface area contributed by atoms with Gasteiger partial charge in [0.2, 0.25) is 11.8 Å². The van der Waals surface area contributed by atoms with Crippen molar-refractivity contribution in [3.8, 4) is 5.88 Å². The molecular formula is C16H20F3N3O3S. The van der Waals surface area contributed by atoms with E-state index in [9.17, 15) is 22.8 Å². The third-order valence-corrected chi connectivity index (χ3v) is 4.83. The normalized spacial score (nSPS) is 18.5. The number of ether oxygens (including phenoxy) is 1. The van der Waals surface area contributed by atoms with Gasteiger partial charge in [0.25, 0.3) is 5.91 Å². The molecule has 1 aliphatic heterocycles. The summed E-state index contributed by atoms with van der Waals surface area (Å²) < 4.78 is 40.9. The van der Waals surface area contributed by atoms with Crippen LogP contribution >= 0.6 is 11.8 Å². The minimum Gasteiger partial charge on any atom is -0.468 e. The first kappa shape index (κ1) is 20.3. The predicted molar refractivity (Wildman–Crippen MR) is 91.0 cm³/mol. The molecule has 1 fully saturated rings. The molecule has 0 radical (unpaired) electrons. The summed E-state index contributed by atoms with van der Waals surface area (Å²) in [4.78, 5) is 30.1. The van der Waals surface area contributed by atoms with Crippen molar-refractivity contribution < 1.29 is 27.5 Å². The number of hydrogen-bond acceptors (Lipinski definition) is 5. The molecule has 6 nitrogen and oxygen atoms in total. The summed E-state index contributed by atoms with van der Waals surface area (Å²) >= 11 is 1.46. The first-order valence-corrected chi connectivity index (χ1v) is 9.21. The maximum atomic E-state index is 12.6. The van der Waals surface area contributed by atoms with Gasteiger partial charge in [-0.15, -0.1) is 11.8 Å². The van der Waals surface area contributed by atoms with Crippen molar-refractivity contribution in [2.24, 2.45) is 0 Å². The molecule has 2 atom stereocenters. The second-order valence-corrected chi connectivity index (χ2v) is 6.90. The molecule has 1 N–H and O–H groups in total. The lowest BCUT2D eigenvalue weighted by atomic mass is 10.2. The summed E-state index contributed by atoms with van der Waals surface area (Å²) in [5.41, 5.74) is 0.188. The van der Waals surface area contributed by atoms with E-state index in [0.717, 1.165) is 12.6 Å². The van der Waals surface area contributed by atoms with Crippen LogP contribution in [0.25, 0.3) is 0 Å². The average Bonchev–Trinajstić information content (AvgIpc) is 3.08. The second kappa shape index (κ2) is 8.61. The van der Waals surface area contributed by atoms with Crippen molar-refractivity contribution in [2.75, 3.05) is 18.2 Å². The SMILES string of the molecule is CC[C@@H](C)NC(=O)[C@@H]1CSCN1C(=O)c1ccc(OCC(F)(F)F)nc1. The van der Waals surface area contributed by atoms with Crippen LogP contribution in [0.3, 0.4) is 0 Å². The van der Waals surface area contributed by atoms with Crippen LogP contribution in [0.1, 0.15) is 30.6 Å². The lowest BCUT2D eigenvalue weighted by molar-refractivity contribution is -0.154. The van der Waals surface area contributed by atoms with Crippen LogP contribution in [-0.4, -0.2) is 58.2 Å². The van der Waals surface area contributed by atoms with E-state index < -0.39 is 24.7 Å². The van der Waals surface area contributed by atoms with E-state index in [1.165, 1.54) is 28.8 Å². The second-order valence-electron chi connectivity index (χ2n) is 5.90. The third kappa shape index (κ3) is 5.52. The highest BCUT2D eigenvalue weighted by Gasteiger charge is 2.35. The van der Waals surface area contributed by atoms with Crippen molar-refractivity contribution in [3.63, 3.8) is 0 Å². The molecule has 0 unspecified atom stereocenters. The summed E-state index contributed by atoms with van der Waals surface area (Å²) in [6.07, 6.45) is -2.53. The van der Waals surface area contributed by atoms with Crippen LogP contribution in [-0.2, 0) is 4.79 Å². The molecule has 10 heteroatoms. The third-order valence-electron chi connectivity index (χ3n) is 3.81. The summed E-state index contributed by atoms with van der Waals surface area (Å²) in [6, 6.07) is 1.98. The maximum Gasteiger partial charge on any atom is 0.422 e. The van der Waals surface area contributed by atoms with Gasteiger partial charge in [-0.2, -0.15) is 13.2 Å². The molecule has 0 aromatic carbocycles. The fourth-order valence-corrected chi connectivity index (χ4v) is 3.37. The summed E-state index contributed by atoms with van der Waals surface area (Å²) in [7, 11) is 0. The summed E-state index contributed by atoms with van der Waals surface area (Å²) in [5, 5.41) is 2.86. The van der Waals surface area contributed by atoms with E-state index in [0.29, 0.717) is 11.6 Å². The van der Waals surface area contributed by atoms with Gasteiger partial charge in [-0.1, -0.05) is 6.92 Å². The van der Waals surface area contributed by atoms with Gasteiger partial charge in [-0.25, -0.2) is 4.98 Å². The number of alkyl halides is 3. The number of halogens is 3. The first-order chi connectivity index (χ1) is 12.2. The van der Waals surface area contributed by atoms with Gasteiger partial charge in [-0.05, 0) is 19.4 Å². The van der Waals surface area contributed by atoms with Gasteiger partial charge < -0.3 is 15.0 Å². The van der Waals surface area contributed by atoms with Crippen LogP contribution in [0.5, 0.6) is 5.88 Å². The van der Waals surface area contributed by atoms with Crippen molar-refractivity contribution >= 4 is 23.6 Å². The molecule has 2 heterocycles. The van der Waals surface area contributed by atoms with Crippen molar-refractivity contribution in [2.45, 2.75) is 38.5 Å². The molecule has 1 aromatic heterocycles. The van der Waals surface area contributed by atoms with Gasteiger partial charge in [0.1, 0.15) is 6.04 Å². The molecule has 2 amide bonds. The molecule has 0 spiro atoms. The smallest absolute Gasteiger partial charge is 0.422 e. The Kier molecular flexibility index (Phi) is 6.74. The molecule has 1 aliphatic rings. The Balaban J connectivity index is 2.02. The minimum absolute atomic E-state index is 0.0109. The molecule has 2 rings (SSSR count). The van der Waals surface area contributed by atoms with E-state index in [1.807, 2.05) is 13.8 Å². The molecule has 1 aromatic rings. The predicted octanol–water partition coefficient (Wildman–Crippen LogP) is 2.45. The van der Waals surface area contributed by atoms with E-state index in [4.69, 9.17) is 0 Å². The number of aromatic nitrogens is 1. The Morgan fingerprint density at radius 1 is 1.46 bits per heavy atom. The Hall–Kier alpha value is -1.97. The fraction of sp³-hybridized carbons (Fsp3) is 0.562. The minimum atomic E-state index is -4.46. The zero-order chi connectivity index (χ0) is 19.3. The molecule has 26 heavy (non-hydrogen) atoms. The number of rotatable bonds is 6. The highest BCUT2D eigenvalue weighted by atomic mass is 32.2. The molecule has 0 aliphatic carbocycles. The van der Waals surface area contributed by atoms with Gasteiger partial charge in [0.15, 0.2) is 6.61 Å². The lowest BCUT2D eigenvalue weighted by Crippen LogP contribution is -2.49. The van der Waals surface area contributed by atoms with Crippen LogP contribution in [0.4, 0.5) is 13.2 Å². The molecule has 0 saturated carbocycles. The Bertz CT molecular complexity index is 640. The summed E-state index contributed by atoms with van der Waals surface area (Å²) in [6.45, 7) is 2.38. The number of pyridine rings is 1. The maximum absolute atomic E-state index is 12.6. The zero-order valence-electron chi connectivity index (χ0n) is 14.4. The number of nitrogens with one attached hydrogen (secondary N) is 1. The van der Waals surface area contributed by atoms with E-state index in [-0.39, 0.29) is 23.4 Å². The Labute approximate surface area is 153 Å². The van der Waals surface area contributed by atoms with Crippen molar-refractivity contribution in [1.29, 1.82) is 0 Å². The molecule has 1 saturated heterocycles. The Morgan fingerprint density at radius 2 is 2.19 bits per heavy atom. The lowest BCUT2D eigenvalue weighted by Gasteiger charge is -2.24. The highest BCUT2D eigenvalue weighted by molar-refractivity contribution is 7.99. The van der Waals surface area contributed by atoms with E-state index in [1.54, 1.807) is 0 Å². The van der Waals surface area contributed by atoms with Gasteiger partial charge in [0.05, 0.1) is 11.4 Å². The van der Waals surface area contributed by atoms with Crippen molar-refractivity contribution in [1.82, 2.24) is 15.2 Å². The molecule has 0 bridgehead atoms. The van der Waals surface area contributed by atoms with Crippen LogP contribution in [0.2, 0.25) is 0 Å². The average molecular weight is 391 g/mol. The summed E-state index contributed by atoms with van der Waals surface area (Å²) in [5.74, 6) is 0.0310. The molecular weight excluding hydrogens is 371 g/mol. The Morgan fingerprint density at radius 3 is 2.77 bits per heavy atom. The number of amides is 2.